The van der Waals surface area contributed by atoms with E-state index in [9.17, 15) is 5.11 Å². The predicted molar refractivity (Wildman–Crippen MR) is 65.2 cm³/mol. The number of nitriles is 1. The van der Waals surface area contributed by atoms with Crippen molar-refractivity contribution < 1.29 is 5.11 Å². The molecule has 17 heavy (non-hydrogen) atoms. The van der Waals surface area contributed by atoms with Gasteiger partial charge in [-0.3, -0.25) is 0 Å². The van der Waals surface area contributed by atoms with E-state index in [-0.39, 0.29) is 11.7 Å². The average Bonchev–Trinajstić information content (AvgIpc) is 2.57. The molecule has 4 heteroatoms. The first-order valence-corrected chi connectivity index (χ1v) is 5.33. The molecule has 0 radical (unpaired) electrons. The Morgan fingerprint density at radius 3 is 2.59 bits per heavy atom. The fourth-order valence-corrected chi connectivity index (χ4v) is 1.85. The van der Waals surface area contributed by atoms with Crippen molar-refractivity contribution in [3.05, 3.63) is 41.1 Å². The highest BCUT2D eigenvalue weighted by Gasteiger charge is 2.24. The molecule has 1 aliphatic heterocycles. The van der Waals surface area contributed by atoms with Crippen molar-refractivity contribution in [2.75, 3.05) is 0 Å². The Hall–Kier alpha value is -2.28. The van der Waals surface area contributed by atoms with Gasteiger partial charge in [0.05, 0.1) is 6.07 Å². The van der Waals surface area contributed by atoms with E-state index in [1.54, 1.807) is 12.1 Å². The zero-order valence-electron chi connectivity index (χ0n) is 9.51. The van der Waals surface area contributed by atoms with Crippen molar-refractivity contribution in [1.82, 2.24) is 0 Å². The van der Waals surface area contributed by atoms with Crippen molar-refractivity contribution in [3.63, 3.8) is 0 Å². The van der Waals surface area contributed by atoms with Gasteiger partial charge >= 0.3 is 0 Å². The minimum Gasteiger partial charge on any atom is -0.508 e. The van der Waals surface area contributed by atoms with E-state index >= 15 is 0 Å². The molecule has 1 heterocycles. The van der Waals surface area contributed by atoms with Crippen LogP contribution >= 0.6 is 0 Å². The average molecular weight is 227 g/mol. The Balaban J connectivity index is 2.23. The number of hydrogen-bond donors (Lipinski definition) is 2. The molecule has 0 fully saturated rings. The van der Waals surface area contributed by atoms with Crippen LogP contribution in [0.15, 0.2) is 40.5 Å². The molecule has 0 aromatic heterocycles. The molecule has 1 aliphatic rings. The van der Waals surface area contributed by atoms with Crippen molar-refractivity contribution >= 4 is 5.84 Å². The van der Waals surface area contributed by atoms with Crippen molar-refractivity contribution in [3.8, 4) is 11.8 Å². The highest BCUT2D eigenvalue weighted by atomic mass is 16.3. The van der Waals surface area contributed by atoms with Crippen LogP contribution in [0.3, 0.4) is 0 Å². The first-order valence-electron chi connectivity index (χ1n) is 5.33. The second kappa shape index (κ2) is 4.30. The van der Waals surface area contributed by atoms with Gasteiger partial charge in [-0.25, -0.2) is 4.99 Å². The fourth-order valence-electron chi connectivity index (χ4n) is 1.85. The summed E-state index contributed by atoms with van der Waals surface area (Å²) in [6, 6.07) is 9.07. The summed E-state index contributed by atoms with van der Waals surface area (Å²) >= 11 is 0. The first kappa shape index (κ1) is 11.2. The summed E-state index contributed by atoms with van der Waals surface area (Å²) in [6.07, 6.45) is 0.630. The largest absolute Gasteiger partial charge is 0.508 e. The SMILES string of the molecule is CC1=C(Cc2ccc(O)cc2)N=C(N)[C@@H]1C#N. The second-order valence-electron chi connectivity index (χ2n) is 4.07. The molecular weight excluding hydrogens is 214 g/mol. The Labute approximate surface area is 99.7 Å². The Morgan fingerprint density at radius 1 is 1.41 bits per heavy atom. The number of rotatable bonds is 2. The number of aromatic hydroxyl groups is 1. The Kier molecular flexibility index (Phi) is 2.84. The predicted octanol–water partition coefficient (Wildman–Crippen LogP) is 1.72. The fraction of sp³-hybridized carbons (Fsp3) is 0.231. The lowest BCUT2D eigenvalue weighted by Gasteiger charge is -2.03. The normalized spacial score (nSPS) is 19.1. The number of amidine groups is 1. The van der Waals surface area contributed by atoms with E-state index in [1.165, 1.54) is 0 Å². The monoisotopic (exact) mass is 227 g/mol. The summed E-state index contributed by atoms with van der Waals surface area (Å²) in [7, 11) is 0. The topological polar surface area (TPSA) is 82.4 Å². The molecule has 86 valence electrons. The zero-order valence-corrected chi connectivity index (χ0v) is 9.51. The van der Waals surface area contributed by atoms with Crippen LogP contribution in [0.25, 0.3) is 0 Å². The van der Waals surface area contributed by atoms with Crippen LogP contribution in [-0.4, -0.2) is 10.9 Å². The lowest BCUT2D eigenvalue weighted by molar-refractivity contribution is 0.475. The van der Waals surface area contributed by atoms with Gasteiger partial charge in [0.25, 0.3) is 0 Å². The van der Waals surface area contributed by atoms with Crippen molar-refractivity contribution in [2.24, 2.45) is 16.6 Å². The van der Waals surface area contributed by atoms with Crippen LogP contribution < -0.4 is 5.73 Å². The molecule has 1 atom stereocenters. The smallest absolute Gasteiger partial charge is 0.126 e. The van der Waals surface area contributed by atoms with E-state index in [4.69, 9.17) is 11.0 Å². The van der Waals surface area contributed by atoms with Crippen LogP contribution in [0.2, 0.25) is 0 Å². The lowest BCUT2D eigenvalue weighted by Crippen LogP contribution is -2.19. The van der Waals surface area contributed by atoms with Crippen LogP contribution in [0.5, 0.6) is 5.75 Å². The van der Waals surface area contributed by atoms with Gasteiger partial charge in [0, 0.05) is 12.1 Å². The summed E-state index contributed by atoms with van der Waals surface area (Å²) in [5, 5.41) is 18.1. The molecule has 1 aromatic rings. The zero-order chi connectivity index (χ0) is 12.4. The van der Waals surface area contributed by atoms with Gasteiger partial charge in [-0.2, -0.15) is 5.26 Å². The molecule has 0 amide bonds. The maximum Gasteiger partial charge on any atom is 0.126 e. The van der Waals surface area contributed by atoms with Gasteiger partial charge in [0.15, 0.2) is 0 Å². The van der Waals surface area contributed by atoms with Crippen LogP contribution in [-0.2, 0) is 6.42 Å². The molecule has 2 rings (SSSR count). The number of hydrogen-bond acceptors (Lipinski definition) is 4. The standard InChI is InChI=1S/C13H13N3O/c1-8-11(7-14)13(15)16-12(8)6-9-2-4-10(17)5-3-9/h2-5,11,17H,6H2,1H3,(H2,15,16)/t11-/m1/s1. The molecule has 0 aliphatic carbocycles. The molecule has 1 aromatic carbocycles. The van der Waals surface area contributed by atoms with Gasteiger partial charge < -0.3 is 10.8 Å². The molecule has 3 N–H and O–H groups in total. The Bertz CT molecular complexity index is 535. The minimum atomic E-state index is -0.387. The minimum absolute atomic E-state index is 0.240. The summed E-state index contributed by atoms with van der Waals surface area (Å²) in [5.41, 5.74) is 8.49. The maximum absolute atomic E-state index is 9.19. The van der Waals surface area contributed by atoms with E-state index in [0.717, 1.165) is 16.8 Å². The maximum atomic E-state index is 9.19. The third kappa shape index (κ3) is 2.13. The molecule has 0 spiro atoms. The third-order valence-corrected chi connectivity index (χ3v) is 2.89. The number of nitrogens with two attached hydrogens (primary N) is 1. The van der Waals surface area contributed by atoms with Gasteiger partial charge in [-0.05, 0) is 30.2 Å². The lowest BCUT2D eigenvalue weighted by atomic mass is 9.99. The Morgan fingerprint density at radius 2 is 2.06 bits per heavy atom. The number of allylic oxidation sites excluding steroid dienone is 1. The second-order valence-corrected chi connectivity index (χ2v) is 4.07. The number of phenolic OH excluding ortho intramolecular Hbond substituents is 1. The highest BCUT2D eigenvalue weighted by molar-refractivity contribution is 5.91. The number of aliphatic imine (C=N–C) groups is 1. The molecule has 0 unspecified atom stereocenters. The summed E-state index contributed by atoms with van der Waals surface area (Å²) < 4.78 is 0. The molecule has 0 saturated heterocycles. The van der Waals surface area contributed by atoms with Crippen LogP contribution in [0.4, 0.5) is 0 Å². The number of benzene rings is 1. The van der Waals surface area contributed by atoms with Gasteiger partial charge in [0.1, 0.15) is 17.5 Å². The molecule has 0 bridgehead atoms. The van der Waals surface area contributed by atoms with E-state index in [1.807, 2.05) is 19.1 Å². The van der Waals surface area contributed by atoms with Crippen molar-refractivity contribution in [1.29, 1.82) is 5.26 Å². The third-order valence-electron chi connectivity index (χ3n) is 2.89. The van der Waals surface area contributed by atoms with Crippen LogP contribution in [0.1, 0.15) is 12.5 Å². The van der Waals surface area contributed by atoms with E-state index in [0.29, 0.717) is 12.3 Å². The summed E-state index contributed by atoms with van der Waals surface area (Å²) in [6.45, 7) is 1.88. The molecule has 0 saturated carbocycles. The van der Waals surface area contributed by atoms with Crippen molar-refractivity contribution in [2.45, 2.75) is 13.3 Å². The number of phenols is 1. The van der Waals surface area contributed by atoms with E-state index in [2.05, 4.69) is 11.1 Å². The molecular formula is C13H13N3O. The highest BCUT2D eigenvalue weighted by Crippen LogP contribution is 2.26. The quantitative estimate of drug-likeness (QED) is 0.807. The molecule has 4 nitrogen and oxygen atoms in total. The first-order chi connectivity index (χ1) is 8.11. The summed E-state index contributed by atoms with van der Waals surface area (Å²) in [5.74, 6) is 0.227. The van der Waals surface area contributed by atoms with Gasteiger partial charge in [-0.15, -0.1) is 0 Å². The van der Waals surface area contributed by atoms with Gasteiger partial charge in [0.2, 0.25) is 0 Å². The van der Waals surface area contributed by atoms with Gasteiger partial charge in [-0.1, -0.05) is 12.1 Å². The van der Waals surface area contributed by atoms with E-state index < -0.39 is 0 Å². The number of nitrogens with zero attached hydrogens (tertiary/aromatic N) is 2. The van der Waals surface area contributed by atoms with Crippen LogP contribution in [0, 0.1) is 17.2 Å². The summed E-state index contributed by atoms with van der Waals surface area (Å²) in [4.78, 5) is 4.23.